The van der Waals surface area contributed by atoms with Crippen molar-refractivity contribution in [1.29, 1.82) is 0 Å². The second-order valence-electron chi connectivity index (χ2n) is 5.82. The molecule has 2 atom stereocenters. The largest absolute Gasteiger partial charge is 0.465 e. The van der Waals surface area contributed by atoms with Crippen LogP contribution in [0.25, 0.3) is 0 Å². The summed E-state index contributed by atoms with van der Waals surface area (Å²) in [5.41, 5.74) is -0.993. The van der Waals surface area contributed by atoms with Gasteiger partial charge in [0, 0.05) is 0 Å². The van der Waals surface area contributed by atoms with Gasteiger partial charge in [-0.2, -0.15) is 0 Å². The van der Waals surface area contributed by atoms with E-state index >= 15 is 0 Å². The monoisotopic (exact) mass is 268 g/mol. The fourth-order valence-electron chi connectivity index (χ4n) is 3.56. The Morgan fingerprint density at radius 1 is 1.05 bits per heavy atom. The zero-order valence-corrected chi connectivity index (χ0v) is 11.9. The van der Waals surface area contributed by atoms with Gasteiger partial charge in [0.15, 0.2) is 5.41 Å². The van der Waals surface area contributed by atoms with Crippen molar-refractivity contribution >= 4 is 11.9 Å². The van der Waals surface area contributed by atoms with Gasteiger partial charge < -0.3 is 9.47 Å². The first kappa shape index (κ1) is 14.4. The van der Waals surface area contributed by atoms with Gasteiger partial charge in [-0.3, -0.25) is 9.59 Å². The summed E-state index contributed by atoms with van der Waals surface area (Å²) in [5.74, 6) is -0.0649. The van der Waals surface area contributed by atoms with Crippen LogP contribution in [0.4, 0.5) is 0 Å². The quantitative estimate of drug-likeness (QED) is 0.549. The van der Waals surface area contributed by atoms with Gasteiger partial charge in [-0.15, -0.1) is 0 Å². The van der Waals surface area contributed by atoms with Crippen molar-refractivity contribution in [3.8, 4) is 0 Å². The highest BCUT2D eigenvalue weighted by atomic mass is 16.6. The van der Waals surface area contributed by atoms with E-state index in [0.29, 0.717) is 25.6 Å². The maximum absolute atomic E-state index is 12.4. The van der Waals surface area contributed by atoms with Crippen LogP contribution >= 0.6 is 0 Å². The molecule has 2 bridgehead atoms. The Kier molecular flexibility index (Phi) is 4.48. The van der Waals surface area contributed by atoms with E-state index in [0.717, 1.165) is 32.1 Å². The Hall–Kier alpha value is -1.06. The molecule has 2 aliphatic carbocycles. The fraction of sp³-hybridized carbons (Fsp3) is 0.867. The number of hydrogen-bond donors (Lipinski definition) is 0. The van der Waals surface area contributed by atoms with Gasteiger partial charge in [0.2, 0.25) is 0 Å². The van der Waals surface area contributed by atoms with Gasteiger partial charge in [0.05, 0.1) is 13.2 Å². The van der Waals surface area contributed by atoms with Crippen molar-refractivity contribution in [3.63, 3.8) is 0 Å². The Bertz CT molecular complexity index is 330. The minimum absolute atomic E-state index is 0.131. The van der Waals surface area contributed by atoms with E-state index in [4.69, 9.17) is 9.47 Å². The van der Waals surface area contributed by atoms with E-state index in [1.54, 1.807) is 0 Å². The Morgan fingerprint density at radius 3 is 2.00 bits per heavy atom. The van der Waals surface area contributed by atoms with Gasteiger partial charge in [-0.25, -0.2) is 0 Å². The van der Waals surface area contributed by atoms with Crippen LogP contribution in [0.1, 0.15) is 52.4 Å². The van der Waals surface area contributed by atoms with Crippen LogP contribution < -0.4 is 0 Å². The highest BCUT2D eigenvalue weighted by Gasteiger charge is 2.62. The molecule has 108 valence electrons. The Balaban J connectivity index is 2.14. The second kappa shape index (κ2) is 5.93. The maximum Gasteiger partial charge on any atom is 0.323 e. The zero-order chi connectivity index (χ0) is 13.9. The van der Waals surface area contributed by atoms with Crippen LogP contribution in [-0.4, -0.2) is 25.2 Å². The number of carbonyl (C=O) groups excluding carboxylic acids is 2. The van der Waals surface area contributed by atoms with Crippen molar-refractivity contribution in [2.24, 2.45) is 17.3 Å². The van der Waals surface area contributed by atoms with Gasteiger partial charge >= 0.3 is 11.9 Å². The molecule has 0 saturated heterocycles. The van der Waals surface area contributed by atoms with Crippen LogP contribution in [0.2, 0.25) is 0 Å². The molecule has 4 nitrogen and oxygen atoms in total. The second-order valence-corrected chi connectivity index (χ2v) is 5.82. The molecule has 0 heterocycles. The molecule has 2 fully saturated rings. The fourth-order valence-corrected chi connectivity index (χ4v) is 3.56. The van der Waals surface area contributed by atoms with E-state index < -0.39 is 5.41 Å². The molecule has 2 rings (SSSR count). The average molecular weight is 268 g/mol. The minimum atomic E-state index is -0.993. The predicted octanol–water partition coefficient (Wildman–Crippen LogP) is 2.70. The lowest BCUT2D eigenvalue weighted by atomic mass is 9.73. The normalized spacial score (nSPS) is 27.3. The number of hydrogen-bond acceptors (Lipinski definition) is 4. The molecule has 4 heteroatoms. The predicted molar refractivity (Wildman–Crippen MR) is 70.4 cm³/mol. The highest BCUT2D eigenvalue weighted by molar-refractivity contribution is 6.01. The highest BCUT2D eigenvalue weighted by Crippen LogP contribution is 2.57. The topological polar surface area (TPSA) is 52.6 Å². The van der Waals surface area contributed by atoms with Gasteiger partial charge in [0.1, 0.15) is 0 Å². The number of ether oxygens (including phenoxy) is 2. The first-order chi connectivity index (χ1) is 9.15. The summed E-state index contributed by atoms with van der Waals surface area (Å²) in [6.07, 6.45) is 5.24. The molecule has 0 radical (unpaired) electrons. The molecule has 0 aromatic carbocycles. The molecule has 2 unspecified atom stereocenters. The third-order valence-electron chi connectivity index (χ3n) is 4.45. The number of fused-ring (bicyclic) bond motifs is 2. The lowest BCUT2D eigenvalue weighted by Crippen LogP contribution is -2.46. The van der Waals surface area contributed by atoms with Gasteiger partial charge in [0.25, 0.3) is 0 Å². The maximum atomic E-state index is 12.4. The molecular weight excluding hydrogens is 244 g/mol. The van der Waals surface area contributed by atoms with E-state index in [-0.39, 0.29) is 17.9 Å². The van der Waals surface area contributed by atoms with Crippen LogP contribution in [0.3, 0.4) is 0 Å². The lowest BCUT2D eigenvalue weighted by Gasteiger charge is -2.32. The molecule has 0 aromatic heterocycles. The molecule has 0 N–H and O–H groups in total. The number of esters is 2. The van der Waals surface area contributed by atoms with E-state index in [2.05, 4.69) is 0 Å². The van der Waals surface area contributed by atoms with E-state index in [1.165, 1.54) is 0 Å². The molecule has 2 saturated carbocycles. The molecule has 2 aliphatic rings. The third-order valence-corrected chi connectivity index (χ3v) is 4.45. The van der Waals surface area contributed by atoms with E-state index in [9.17, 15) is 9.59 Å². The summed E-state index contributed by atoms with van der Waals surface area (Å²) < 4.78 is 10.6. The molecule has 0 amide bonds. The van der Waals surface area contributed by atoms with Crippen molar-refractivity contribution in [2.75, 3.05) is 13.2 Å². The van der Waals surface area contributed by atoms with Crippen LogP contribution in [0, 0.1) is 17.3 Å². The lowest BCUT2D eigenvalue weighted by molar-refractivity contribution is -0.177. The van der Waals surface area contributed by atoms with Crippen LogP contribution in [0.15, 0.2) is 0 Å². The Labute approximate surface area is 114 Å². The third kappa shape index (κ3) is 2.49. The van der Waals surface area contributed by atoms with Crippen LogP contribution in [-0.2, 0) is 19.1 Å². The van der Waals surface area contributed by atoms with Gasteiger partial charge in [-0.05, 0) is 43.9 Å². The smallest absolute Gasteiger partial charge is 0.323 e. The van der Waals surface area contributed by atoms with E-state index in [1.807, 2.05) is 13.8 Å². The van der Waals surface area contributed by atoms with Gasteiger partial charge in [-0.1, -0.05) is 20.3 Å². The molecule has 19 heavy (non-hydrogen) atoms. The molecule has 0 aliphatic heterocycles. The van der Waals surface area contributed by atoms with Crippen molar-refractivity contribution in [1.82, 2.24) is 0 Å². The minimum Gasteiger partial charge on any atom is -0.465 e. The standard InChI is InChI=1S/C15H24O4/c1-3-7-18-13(16)15(14(17)19-8-4-2)10-11-5-6-12(15)9-11/h11-12H,3-10H2,1-2H3. The summed E-state index contributed by atoms with van der Waals surface area (Å²) in [7, 11) is 0. The number of carbonyl (C=O) groups is 2. The average Bonchev–Trinajstić information content (AvgIpc) is 3.03. The first-order valence-corrected chi connectivity index (χ1v) is 7.49. The molecule has 0 spiro atoms. The summed E-state index contributed by atoms with van der Waals surface area (Å²) in [6.45, 7) is 4.68. The van der Waals surface area contributed by atoms with Crippen LogP contribution in [0.5, 0.6) is 0 Å². The summed E-state index contributed by atoms with van der Waals surface area (Å²) in [4.78, 5) is 24.8. The van der Waals surface area contributed by atoms with Crippen molar-refractivity contribution in [2.45, 2.75) is 52.4 Å². The molecule has 0 aromatic rings. The van der Waals surface area contributed by atoms with Crippen molar-refractivity contribution in [3.05, 3.63) is 0 Å². The summed E-state index contributed by atoms with van der Waals surface area (Å²) >= 11 is 0. The Morgan fingerprint density at radius 2 is 1.63 bits per heavy atom. The SMILES string of the molecule is CCCOC(=O)C1(C(=O)OCCC)CC2CCC1C2. The first-order valence-electron chi connectivity index (χ1n) is 7.49. The number of rotatable bonds is 6. The summed E-state index contributed by atoms with van der Waals surface area (Å²) in [6, 6.07) is 0. The zero-order valence-electron chi connectivity index (χ0n) is 11.9. The summed E-state index contributed by atoms with van der Waals surface area (Å²) in [5, 5.41) is 0. The molecular formula is C15H24O4. The van der Waals surface area contributed by atoms with Crippen molar-refractivity contribution < 1.29 is 19.1 Å².